The van der Waals surface area contributed by atoms with E-state index < -0.39 is 0 Å². The van der Waals surface area contributed by atoms with Crippen molar-refractivity contribution in [1.82, 2.24) is 34.7 Å². The first kappa shape index (κ1) is 19.5. The predicted molar refractivity (Wildman–Crippen MR) is 119 cm³/mol. The maximum Gasteiger partial charge on any atom is 0.165 e. The predicted octanol–water partition coefficient (Wildman–Crippen LogP) is 2.88. The lowest BCUT2D eigenvalue weighted by molar-refractivity contribution is 0.218. The fourth-order valence-corrected chi connectivity index (χ4v) is 3.74. The molecule has 0 aromatic carbocycles. The Morgan fingerprint density at radius 3 is 2.87 bits per heavy atom. The van der Waals surface area contributed by atoms with Gasteiger partial charge in [-0.15, -0.1) is 0 Å². The number of nitrogens with one attached hydrogen (secondary N) is 2. The van der Waals surface area contributed by atoms with E-state index in [9.17, 15) is 0 Å². The number of aromatic nitrogens is 6. The molecule has 31 heavy (non-hydrogen) atoms. The van der Waals surface area contributed by atoms with Crippen LogP contribution in [-0.2, 0) is 13.5 Å². The van der Waals surface area contributed by atoms with Gasteiger partial charge in [-0.3, -0.25) is 4.68 Å². The van der Waals surface area contributed by atoms with Crippen LogP contribution in [0, 0.1) is 6.92 Å². The summed E-state index contributed by atoms with van der Waals surface area (Å²) >= 11 is 0. The normalized spacial score (nSPS) is 15.8. The molecule has 1 saturated heterocycles. The zero-order valence-corrected chi connectivity index (χ0v) is 18.0. The molecule has 0 saturated carbocycles. The van der Waals surface area contributed by atoms with Gasteiger partial charge in [0.05, 0.1) is 11.7 Å². The Balaban J connectivity index is 1.41. The number of hydrogen-bond acceptors (Lipinski definition) is 7. The average molecular weight is 419 g/mol. The third kappa shape index (κ3) is 3.96. The molecule has 160 valence electrons. The van der Waals surface area contributed by atoms with Crippen molar-refractivity contribution in [3.05, 3.63) is 48.2 Å². The maximum atomic E-state index is 6.05. The van der Waals surface area contributed by atoms with Crippen molar-refractivity contribution in [2.45, 2.75) is 32.7 Å². The summed E-state index contributed by atoms with van der Waals surface area (Å²) in [6.07, 6.45) is 5.74. The lowest BCUT2D eigenvalue weighted by atomic mass is 10.1. The Morgan fingerprint density at radius 1 is 1.23 bits per heavy atom. The number of hydrogen-bond donors (Lipinski definition) is 2. The number of aryl methyl sites for hydroxylation is 3. The minimum atomic E-state index is 0.428. The van der Waals surface area contributed by atoms with Crippen LogP contribution in [0.2, 0.25) is 0 Å². The van der Waals surface area contributed by atoms with E-state index in [1.54, 1.807) is 6.20 Å². The van der Waals surface area contributed by atoms with Crippen LogP contribution in [0.25, 0.3) is 16.8 Å². The minimum Gasteiger partial charge on any atom is -0.488 e. The summed E-state index contributed by atoms with van der Waals surface area (Å²) in [6.45, 7) is 5.70. The van der Waals surface area contributed by atoms with Crippen LogP contribution in [0.1, 0.15) is 24.9 Å². The number of fused-ring (bicyclic) bond motifs is 1. The Kier molecular flexibility index (Phi) is 5.03. The number of pyridine rings is 1. The number of rotatable bonds is 7. The SMILES string of the molecule is CCc1cc(Nc2cc3cc(-c4c(OCC5CCN5)cnn4C)ccn3n2)nc(C)n1. The first-order valence-corrected chi connectivity index (χ1v) is 10.6. The van der Waals surface area contributed by atoms with Gasteiger partial charge in [0.15, 0.2) is 11.6 Å². The second-order valence-electron chi connectivity index (χ2n) is 7.82. The zero-order valence-electron chi connectivity index (χ0n) is 18.0. The van der Waals surface area contributed by atoms with E-state index in [1.807, 2.05) is 47.6 Å². The Hall–Kier alpha value is -3.46. The fourth-order valence-electron chi connectivity index (χ4n) is 3.74. The summed E-state index contributed by atoms with van der Waals surface area (Å²) in [5.41, 5.74) is 3.95. The second kappa shape index (κ2) is 7.99. The summed E-state index contributed by atoms with van der Waals surface area (Å²) in [5.74, 6) is 3.02. The number of anilines is 2. The van der Waals surface area contributed by atoms with Crippen LogP contribution < -0.4 is 15.4 Å². The van der Waals surface area contributed by atoms with E-state index in [0.717, 1.165) is 65.1 Å². The summed E-state index contributed by atoms with van der Waals surface area (Å²) < 4.78 is 9.74. The summed E-state index contributed by atoms with van der Waals surface area (Å²) in [4.78, 5) is 8.90. The van der Waals surface area contributed by atoms with Gasteiger partial charge in [0, 0.05) is 42.7 Å². The van der Waals surface area contributed by atoms with Crippen LogP contribution >= 0.6 is 0 Å². The molecular weight excluding hydrogens is 392 g/mol. The van der Waals surface area contributed by atoms with Crippen molar-refractivity contribution in [2.24, 2.45) is 7.05 Å². The molecule has 0 bridgehead atoms. The highest BCUT2D eigenvalue weighted by atomic mass is 16.5. The van der Waals surface area contributed by atoms with Crippen LogP contribution in [0.5, 0.6) is 5.75 Å². The van der Waals surface area contributed by atoms with Crippen LogP contribution in [0.3, 0.4) is 0 Å². The molecule has 0 spiro atoms. The van der Waals surface area contributed by atoms with Gasteiger partial charge in [0.2, 0.25) is 0 Å². The van der Waals surface area contributed by atoms with Gasteiger partial charge in [0.25, 0.3) is 0 Å². The lowest BCUT2D eigenvalue weighted by Crippen LogP contribution is -2.46. The minimum absolute atomic E-state index is 0.428. The maximum absolute atomic E-state index is 6.05. The Morgan fingerprint density at radius 2 is 2.10 bits per heavy atom. The largest absolute Gasteiger partial charge is 0.488 e. The van der Waals surface area contributed by atoms with E-state index in [0.29, 0.717) is 12.6 Å². The van der Waals surface area contributed by atoms with Crippen molar-refractivity contribution >= 4 is 17.2 Å². The third-order valence-electron chi connectivity index (χ3n) is 5.52. The molecule has 0 aliphatic carbocycles. The van der Waals surface area contributed by atoms with Gasteiger partial charge in [0.1, 0.15) is 23.9 Å². The molecule has 5 rings (SSSR count). The summed E-state index contributed by atoms with van der Waals surface area (Å²) in [5, 5.41) is 15.7. The van der Waals surface area contributed by atoms with E-state index in [4.69, 9.17) is 4.74 Å². The van der Waals surface area contributed by atoms with Crippen molar-refractivity contribution in [2.75, 3.05) is 18.5 Å². The molecule has 9 nitrogen and oxygen atoms in total. The first-order chi connectivity index (χ1) is 15.1. The average Bonchev–Trinajstić information content (AvgIpc) is 3.28. The number of nitrogens with zero attached hydrogens (tertiary/aromatic N) is 6. The zero-order chi connectivity index (χ0) is 21.4. The van der Waals surface area contributed by atoms with E-state index in [1.165, 1.54) is 0 Å². The summed E-state index contributed by atoms with van der Waals surface area (Å²) in [7, 11) is 1.93. The molecule has 1 unspecified atom stereocenters. The van der Waals surface area contributed by atoms with Gasteiger partial charge >= 0.3 is 0 Å². The molecule has 4 aromatic heterocycles. The van der Waals surface area contributed by atoms with E-state index in [-0.39, 0.29) is 0 Å². The third-order valence-corrected chi connectivity index (χ3v) is 5.52. The quantitative estimate of drug-likeness (QED) is 0.477. The topological polar surface area (TPSA) is 94.2 Å². The molecule has 1 atom stereocenters. The fraction of sp³-hybridized carbons (Fsp3) is 0.364. The molecule has 0 amide bonds. The Labute approximate surface area is 180 Å². The molecule has 5 heterocycles. The molecule has 2 N–H and O–H groups in total. The van der Waals surface area contributed by atoms with Crippen LogP contribution in [-0.4, -0.2) is 48.6 Å². The van der Waals surface area contributed by atoms with Crippen LogP contribution in [0.4, 0.5) is 11.6 Å². The van der Waals surface area contributed by atoms with Crippen molar-refractivity contribution in [1.29, 1.82) is 0 Å². The van der Waals surface area contributed by atoms with Gasteiger partial charge in [-0.05, 0) is 38.4 Å². The van der Waals surface area contributed by atoms with E-state index >= 15 is 0 Å². The Bertz CT molecular complexity index is 1220. The molecular formula is C22H26N8O. The van der Waals surface area contributed by atoms with Gasteiger partial charge in [-0.1, -0.05) is 6.92 Å². The smallest absolute Gasteiger partial charge is 0.165 e. The van der Waals surface area contributed by atoms with Crippen molar-refractivity contribution in [3.8, 4) is 17.0 Å². The van der Waals surface area contributed by atoms with Gasteiger partial charge in [-0.2, -0.15) is 10.2 Å². The van der Waals surface area contributed by atoms with Crippen molar-refractivity contribution in [3.63, 3.8) is 0 Å². The molecule has 9 heteroatoms. The lowest BCUT2D eigenvalue weighted by Gasteiger charge is -2.27. The highest BCUT2D eigenvalue weighted by molar-refractivity contribution is 5.72. The molecule has 1 aliphatic heterocycles. The van der Waals surface area contributed by atoms with Crippen LogP contribution in [0.15, 0.2) is 36.7 Å². The molecule has 1 fully saturated rings. The second-order valence-corrected chi connectivity index (χ2v) is 7.82. The van der Waals surface area contributed by atoms with Gasteiger partial charge < -0.3 is 15.4 Å². The molecule has 4 aromatic rings. The monoisotopic (exact) mass is 418 g/mol. The standard InChI is InChI=1S/C22H26N8O/c1-4-16-10-20(26-14(2)25-16)27-21-11-18-9-15(6-8-30(18)28-21)22-19(12-24-29(22)3)31-13-17-5-7-23-17/h6,8-12,17,23H,4-5,7,13H2,1-3H3,(H,25,26,27,28). The molecule has 0 radical (unpaired) electrons. The summed E-state index contributed by atoms with van der Waals surface area (Å²) in [6, 6.07) is 8.50. The van der Waals surface area contributed by atoms with Crippen molar-refractivity contribution < 1.29 is 4.74 Å². The number of ether oxygens (including phenoxy) is 1. The first-order valence-electron chi connectivity index (χ1n) is 10.6. The highest BCUT2D eigenvalue weighted by Crippen LogP contribution is 2.31. The highest BCUT2D eigenvalue weighted by Gasteiger charge is 2.19. The van der Waals surface area contributed by atoms with E-state index in [2.05, 4.69) is 43.8 Å². The van der Waals surface area contributed by atoms with Gasteiger partial charge in [-0.25, -0.2) is 14.5 Å². The molecule has 1 aliphatic rings.